The van der Waals surface area contributed by atoms with E-state index in [-0.39, 0.29) is 0 Å². The summed E-state index contributed by atoms with van der Waals surface area (Å²) >= 11 is 0. The molecule has 0 radical (unpaired) electrons. The largest absolute Gasteiger partial charge is 0.256 e. The van der Waals surface area contributed by atoms with Crippen molar-refractivity contribution in [1.29, 1.82) is 0 Å². The van der Waals surface area contributed by atoms with E-state index in [4.69, 9.17) is 0 Å². The van der Waals surface area contributed by atoms with Gasteiger partial charge in [-0.15, -0.1) is 0 Å². The average molecular weight is 274 g/mol. The van der Waals surface area contributed by atoms with Crippen LogP contribution >= 0.6 is 0 Å². The summed E-state index contributed by atoms with van der Waals surface area (Å²) < 4.78 is 1.90. The fourth-order valence-electron chi connectivity index (χ4n) is 2.70. The Labute approximate surface area is 122 Å². The first-order valence-corrected chi connectivity index (χ1v) is 6.90. The second kappa shape index (κ2) is 4.38. The molecule has 0 aliphatic carbocycles. The van der Waals surface area contributed by atoms with Gasteiger partial charge in [0.15, 0.2) is 5.65 Å². The monoisotopic (exact) mass is 274 g/mol. The van der Waals surface area contributed by atoms with Crippen molar-refractivity contribution >= 4 is 16.6 Å². The summed E-state index contributed by atoms with van der Waals surface area (Å²) in [6, 6.07) is 12.3. The van der Waals surface area contributed by atoms with E-state index in [1.165, 1.54) is 0 Å². The van der Waals surface area contributed by atoms with E-state index in [2.05, 4.69) is 46.3 Å². The van der Waals surface area contributed by atoms with Crippen molar-refractivity contribution in [3.63, 3.8) is 0 Å². The number of rotatable bonds is 1. The first kappa shape index (κ1) is 12.0. The number of pyridine rings is 1. The molecule has 0 atom stereocenters. The smallest absolute Gasteiger partial charge is 0.155 e. The highest BCUT2D eigenvalue weighted by Gasteiger charge is 2.12. The summed E-state index contributed by atoms with van der Waals surface area (Å²) in [7, 11) is 0. The number of aryl methyl sites for hydroxylation is 1. The van der Waals surface area contributed by atoms with Crippen LogP contribution in [0.3, 0.4) is 0 Å². The van der Waals surface area contributed by atoms with E-state index in [9.17, 15) is 0 Å². The number of nitrogens with zero attached hydrogens (tertiary/aromatic N) is 4. The lowest BCUT2D eigenvalue weighted by Crippen LogP contribution is -2.02. The summed E-state index contributed by atoms with van der Waals surface area (Å²) in [5.41, 5.74) is 6.28. The minimum absolute atomic E-state index is 0.874. The SMILES string of the molecule is Cc1nc2ccnn2c(-c2ccc3ncccc3c2)c1C. The van der Waals surface area contributed by atoms with Crippen molar-refractivity contribution in [2.75, 3.05) is 0 Å². The highest BCUT2D eigenvalue weighted by molar-refractivity contribution is 5.84. The second-order valence-electron chi connectivity index (χ2n) is 5.18. The lowest BCUT2D eigenvalue weighted by Gasteiger charge is -2.11. The van der Waals surface area contributed by atoms with Gasteiger partial charge < -0.3 is 0 Å². The quantitative estimate of drug-likeness (QED) is 0.533. The van der Waals surface area contributed by atoms with E-state index in [0.29, 0.717) is 0 Å². The maximum absolute atomic E-state index is 4.57. The van der Waals surface area contributed by atoms with Crippen LogP contribution in [0.1, 0.15) is 11.3 Å². The Kier molecular flexibility index (Phi) is 2.51. The number of hydrogen-bond donors (Lipinski definition) is 0. The predicted octanol–water partition coefficient (Wildman–Crippen LogP) is 3.56. The van der Waals surface area contributed by atoms with Crippen molar-refractivity contribution in [3.05, 3.63) is 60.0 Å². The van der Waals surface area contributed by atoms with Crippen LogP contribution in [-0.4, -0.2) is 19.6 Å². The Balaban J connectivity index is 2.07. The maximum Gasteiger partial charge on any atom is 0.155 e. The molecule has 0 fully saturated rings. The second-order valence-corrected chi connectivity index (χ2v) is 5.18. The van der Waals surface area contributed by atoms with Gasteiger partial charge in [0.1, 0.15) is 0 Å². The molecule has 4 aromatic rings. The third-order valence-corrected chi connectivity index (χ3v) is 3.89. The summed E-state index contributed by atoms with van der Waals surface area (Å²) in [6.07, 6.45) is 3.60. The molecule has 0 unspecified atom stereocenters. The third-order valence-electron chi connectivity index (χ3n) is 3.89. The fourth-order valence-corrected chi connectivity index (χ4v) is 2.70. The lowest BCUT2D eigenvalue weighted by molar-refractivity contribution is 0.925. The van der Waals surface area contributed by atoms with Gasteiger partial charge in [-0.1, -0.05) is 12.1 Å². The molecule has 0 saturated heterocycles. The van der Waals surface area contributed by atoms with Crippen LogP contribution < -0.4 is 0 Å². The van der Waals surface area contributed by atoms with Gasteiger partial charge in [-0.05, 0) is 37.6 Å². The van der Waals surface area contributed by atoms with Crippen LogP contribution in [0.5, 0.6) is 0 Å². The van der Waals surface area contributed by atoms with Crippen LogP contribution in [0.15, 0.2) is 48.8 Å². The lowest BCUT2D eigenvalue weighted by atomic mass is 10.0. The van der Waals surface area contributed by atoms with Crippen LogP contribution in [0, 0.1) is 13.8 Å². The fraction of sp³-hybridized carbons (Fsp3) is 0.118. The molecule has 0 aliphatic rings. The molecular weight excluding hydrogens is 260 g/mol. The van der Waals surface area contributed by atoms with E-state index < -0.39 is 0 Å². The van der Waals surface area contributed by atoms with Crippen molar-refractivity contribution in [1.82, 2.24) is 19.6 Å². The summed E-state index contributed by atoms with van der Waals surface area (Å²) in [6.45, 7) is 4.13. The zero-order valence-electron chi connectivity index (χ0n) is 11.9. The minimum Gasteiger partial charge on any atom is -0.256 e. The van der Waals surface area contributed by atoms with Crippen molar-refractivity contribution in [2.24, 2.45) is 0 Å². The standard InChI is InChI=1S/C17H14N4/c1-11-12(2)20-16-7-9-19-21(16)17(11)14-5-6-15-13(10-14)4-3-8-18-15/h3-10H,1-2H3. The van der Waals surface area contributed by atoms with Gasteiger partial charge in [0.25, 0.3) is 0 Å². The Bertz CT molecular complexity index is 969. The van der Waals surface area contributed by atoms with Crippen molar-refractivity contribution < 1.29 is 0 Å². The van der Waals surface area contributed by atoms with Gasteiger partial charge in [-0.2, -0.15) is 5.10 Å². The zero-order valence-corrected chi connectivity index (χ0v) is 11.9. The summed E-state index contributed by atoms with van der Waals surface area (Å²) in [5.74, 6) is 0. The molecule has 3 heterocycles. The zero-order chi connectivity index (χ0) is 14.4. The Morgan fingerprint density at radius 1 is 1.00 bits per heavy atom. The van der Waals surface area contributed by atoms with Crippen LogP contribution in [0.2, 0.25) is 0 Å². The topological polar surface area (TPSA) is 43.1 Å². The first-order chi connectivity index (χ1) is 10.2. The molecule has 0 bridgehead atoms. The summed E-state index contributed by atoms with van der Waals surface area (Å²) in [5, 5.41) is 5.54. The predicted molar refractivity (Wildman–Crippen MR) is 83.2 cm³/mol. The molecule has 4 heteroatoms. The molecule has 0 aliphatic heterocycles. The van der Waals surface area contributed by atoms with Gasteiger partial charge in [0.2, 0.25) is 0 Å². The average Bonchev–Trinajstić information content (AvgIpc) is 2.95. The number of fused-ring (bicyclic) bond motifs is 2. The van der Waals surface area contributed by atoms with Gasteiger partial charge in [-0.25, -0.2) is 9.50 Å². The Morgan fingerprint density at radius 2 is 1.90 bits per heavy atom. The highest BCUT2D eigenvalue weighted by Crippen LogP contribution is 2.27. The number of benzene rings is 1. The van der Waals surface area contributed by atoms with Gasteiger partial charge in [-0.3, -0.25) is 4.98 Å². The molecule has 4 rings (SSSR count). The normalized spacial score (nSPS) is 11.3. The third kappa shape index (κ3) is 1.80. The molecular formula is C17H14N4. The molecule has 0 spiro atoms. The molecule has 21 heavy (non-hydrogen) atoms. The van der Waals surface area contributed by atoms with Crippen LogP contribution in [0.4, 0.5) is 0 Å². The van der Waals surface area contributed by atoms with Gasteiger partial charge in [0, 0.05) is 28.9 Å². The molecule has 0 N–H and O–H groups in total. The highest BCUT2D eigenvalue weighted by atomic mass is 15.2. The van der Waals surface area contributed by atoms with Crippen molar-refractivity contribution in [2.45, 2.75) is 13.8 Å². The van der Waals surface area contributed by atoms with E-state index in [0.717, 1.165) is 39.1 Å². The number of aromatic nitrogens is 4. The molecule has 0 amide bonds. The summed E-state index contributed by atoms with van der Waals surface area (Å²) in [4.78, 5) is 8.95. The number of hydrogen-bond acceptors (Lipinski definition) is 3. The van der Waals surface area contributed by atoms with Crippen molar-refractivity contribution in [3.8, 4) is 11.3 Å². The van der Waals surface area contributed by atoms with E-state index >= 15 is 0 Å². The Hall–Kier alpha value is -2.75. The van der Waals surface area contributed by atoms with Gasteiger partial charge in [0.05, 0.1) is 17.4 Å². The molecule has 4 nitrogen and oxygen atoms in total. The molecule has 1 aromatic carbocycles. The van der Waals surface area contributed by atoms with E-state index in [1.807, 2.05) is 29.8 Å². The van der Waals surface area contributed by atoms with E-state index in [1.54, 1.807) is 6.20 Å². The minimum atomic E-state index is 0.874. The van der Waals surface area contributed by atoms with Gasteiger partial charge >= 0.3 is 0 Å². The molecule has 102 valence electrons. The maximum atomic E-state index is 4.57. The Morgan fingerprint density at radius 3 is 2.81 bits per heavy atom. The molecule has 0 saturated carbocycles. The molecule has 3 aromatic heterocycles. The van der Waals surface area contributed by atoms with Crippen LogP contribution in [-0.2, 0) is 0 Å². The first-order valence-electron chi connectivity index (χ1n) is 6.90. The van der Waals surface area contributed by atoms with Crippen LogP contribution in [0.25, 0.3) is 27.8 Å².